The number of nitrogens with zero attached hydrogens (tertiary/aromatic N) is 1. The first-order valence-electron chi connectivity index (χ1n) is 9.28. The number of hydrogen-bond acceptors (Lipinski definition) is 3. The molecule has 1 unspecified atom stereocenters. The summed E-state index contributed by atoms with van der Waals surface area (Å²) < 4.78 is 25.4. The minimum atomic E-state index is -0.285. The molecule has 5 rings (SSSR count). The van der Waals surface area contributed by atoms with Crippen molar-refractivity contribution >= 4 is 22.5 Å². The van der Waals surface area contributed by atoms with Crippen LogP contribution in [-0.4, -0.2) is 26.3 Å². The molecule has 136 valence electrons. The first kappa shape index (κ1) is 16.3. The van der Waals surface area contributed by atoms with Gasteiger partial charge in [-0.05, 0) is 29.2 Å². The molecule has 2 aliphatic rings. The van der Waals surface area contributed by atoms with Gasteiger partial charge in [-0.3, -0.25) is 0 Å². The van der Waals surface area contributed by atoms with Crippen molar-refractivity contribution in [3.8, 4) is 5.75 Å². The smallest absolute Gasteiger partial charge is 0.142 e. The summed E-state index contributed by atoms with van der Waals surface area (Å²) >= 11 is 0. The van der Waals surface area contributed by atoms with Gasteiger partial charge in [0.05, 0.1) is 13.2 Å². The van der Waals surface area contributed by atoms with Crippen molar-refractivity contribution in [1.82, 2.24) is 0 Å². The molecule has 0 radical (unpaired) electrons. The number of ether oxygens (including phenoxy) is 2. The topological polar surface area (TPSA) is 21.7 Å². The van der Waals surface area contributed by atoms with Gasteiger partial charge in [0.25, 0.3) is 0 Å². The molecule has 0 spiro atoms. The second-order valence-corrected chi connectivity index (χ2v) is 6.91. The first-order valence-corrected chi connectivity index (χ1v) is 9.28. The number of hydrogen-bond donors (Lipinski definition) is 0. The van der Waals surface area contributed by atoms with Gasteiger partial charge in [-0.15, -0.1) is 0 Å². The standard InChI is InChI=1S/C23H20FNO2/c24-17-5-3-4-16(14-17)22-9-8-20-18-6-1-2-7-19(18)21(15-23(20)27-22)25-10-12-26-13-11-25/h1-9,14-15,22H,10-13H2. The summed E-state index contributed by atoms with van der Waals surface area (Å²) in [5, 5.41) is 2.39. The van der Waals surface area contributed by atoms with E-state index in [2.05, 4.69) is 41.3 Å². The third kappa shape index (κ3) is 2.96. The van der Waals surface area contributed by atoms with E-state index in [1.54, 1.807) is 6.07 Å². The molecule has 0 amide bonds. The minimum absolute atomic E-state index is 0.247. The fraction of sp³-hybridized carbons (Fsp3) is 0.217. The van der Waals surface area contributed by atoms with E-state index in [-0.39, 0.29) is 11.9 Å². The second-order valence-electron chi connectivity index (χ2n) is 6.91. The maximum atomic E-state index is 13.6. The Morgan fingerprint density at radius 1 is 0.926 bits per heavy atom. The Morgan fingerprint density at radius 2 is 1.74 bits per heavy atom. The van der Waals surface area contributed by atoms with Gasteiger partial charge in [0.15, 0.2) is 0 Å². The Balaban J connectivity index is 1.61. The predicted molar refractivity (Wildman–Crippen MR) is 106 cm³/mol. The summed E-state index contributed by atoms with van der Waals surface area (Å²) in [6.45, 7) is 3.20. The van der Waals surface area contributed by atoms with Gasteiger partial charge in [-0.1, -0.05) is 42.5 Å². The van der Waals surface area contributed by atoms with Crippen molar-refractivity contribution in [3.05, 3.63) is 77.6 Å². The van der Waals surface area contributed by atoms with Crippen LogP contribution in [0.15, 0.2) is 60.7 Å². The maximum absolute atomic E-state index is 13.6. The van der Waals surface area contributed by atoms with Crippen LogP contribution in [0.5, 0.6) is 5.75 Å². The van der Waals surface area contributed by atoms with E-state index in [1.807, 2.05) is 12.1 Å². The van der Waals surface area contributed by atoms with Crippen LogP contribution in [-0.2, 0) is 4.74 Å². The Labute approximate surface area is 157 Å². The van der Waals surface area contributed by atoms with Crippen molar-refractivity contribution in [1.29, 1.82) is 0 Å². The molecule has 0 saturated carbocycles. The zero-order chi connectivity index (χ0) is 18.2. The monoisotopic (exact) mass is 361 g/mol. The lowest BCUT2D eigenvalue weighted by molar-refractivity contribution is 0.123. The third-order valence-electron chi connectivity index (χ3n) is 5.25. The molecule has 0 aromatic heterocycles. The zero-order valence-electron chi connectivity index (χ0n) is 14.9. The highest BCUT2D eigenvalue weighted by Gasteiger charge is 2.23. The number of anilines is 1. The number of benzene rings is 3. The molecule has 1 fully saturated rings. The van der Waals surface area contributed by atoms with Crippen molar-refractivity contribution in [2.75, 3.05) is 31.2 Å². The Hall–Kier alpha value is -2.85. The number of rotatable bonds is 2. The summed E-state index contributed by atoms with van der Waals surface area (Å²) in [5.74, 6) is 0.592. The average Bonchev–Trinajstić information content (AvgIpc) is 2.73. The van der Waals surface area contributed by atoms with Gasteiger partial charge in [0.2, 0.25) is 0 Å². The highest BCUT2D eigenvalue weighted by Crippen LogP contribution is 2.42. The summed E-state index contributed by atoms with van der Waals surface area (Å²) in [6, 6.07) is 17.1. The van der Waals surface area contributed by atoms with E-state index < -0.39 is 0 Å². The minimum Gasteiger partial charge on any atom is -0.481 e. The van der Waals surface area contributed by atoms with Crippen LogP contribution in [0.3, 0.4) is 0 Å². The van der Waals surface area contributed by atoms with Crippen LogP contribution in [0.1, 0.15) is 17.2 Å². The molecule has 1 atom stereocenters. The zero-order valence-corrected chi connectivity index (χ0v) is 14.9. The van der Waals surface area contributed by atoms with Gasteiger partial charge in [-0.2, -0.15) is 0 Å². The van der Waals surface area contributed by atoms with E-state index in [1.165, 1.54) is 28.6 Å². The van der Waals surface area contributed by atoms with E-state index in [0.29, 0.717) is 0 Å². The maximum Gasteiger partial charge on any atom is 0.142 e. The average molecular weight is 361 g/mol. The first-order chi connectivity index (χ1) is 13.3. The van der Waals surface area contributed by atoms with Crippen molar-refractivity contribution in [2.24, 2.45) is 0 Å². The van der Waals surface area contributed by atoms with Crippen molar-refractivity contribution in [2.45, 2.75) is 6.10 Å². The molecule has 1 saturated heterocycles. The fourth-order valence-electron chi connectivity index (χ4n) is 3.91. The van der Waals surface area contributed by atoms with E-state index in [0.717, 1.165) is 43.2 Å². The highest BCUT2D eigenvalue weighted by atomic mass is 19.1. The summed E-state index contributed by atoms with van der Waals surface area (Å²) in [5.41, 5.74) is 3.06. The molecular weight excluding hydrogens is 341 g/mol. The molecule has 27 heavy (non-hydrogen) atoms. The van der Waals surface area contributed by atoms with Gasteiger partial charge < -0.3 is 14.4 Å². The molecule has 3 nitrogen and oxygen atoms in total. The molecule has 2 aliphatic heterocycles. The SMILES string of the molecule is Fc1cccc(C2C=Cc3c(cc(N4CCOCC4)c4ccccc34)O2)c1. The molecule has 3 aromatic carbocycles. The summed E-state index contributed by atoms with van der Waals surface area (Å²) in [6.07, 6.45) is 3.81. The highest BCUT2D eigenvalue weighted by molar-refractivity contribution is 6.02. The van der Waals surface area contributed by atoms with Crippen molar-refractivity contribution < 1.29 is 13.9 Å². The van der Waals surface area contributed by atoms with Crippen molar-refractivity contribution in [3.63, 3.8) is 0 Å². The molecule has 0 N–H and O–H groups in total. The Morgan fingerprint density at radius 3 is 2.56 bits per heavy atom. The van der Waals surface area contributed by atoms with E-state index >= 15 is 0 Å². The van der Waals surface area contributed by atoms with Gasteiger partial charge in [-0.25, -0.2) is 4.39 Å². The third-order valence-corrected chi connectivity index (χ3v) is 5.25. The molecule has 0 bridgehead atoms. The van der Waals surface area contributed by atoms with Crippen LogP contribution in [0.4, 0.5) is 10.1 Å². The molecule has 4 heteroatoms. The lowest BCUT2D eigenvalue weighted by atomic mass is 9.97. The van der Waals surface area contributed by atoms with Gasteiger partial charge >= 0.3 is 0 Å². The Kier molecular flexibility index (Phi) is 4.06. The van der Waals surface area contributed by atoms with Gasteiger partial charge in [0.1, 0.15) is 17.7 Å². The summed E-state index contributed by atoms with van der Waals surface area (Å²) in [4.78, 5) is 2.35. The number of morpholine rings is 1. The molecule has 0 aliphatic carbocycles. The van der Waals surface area contributed by atoms with Crippen LogP contribution >= 0.6 is 0 Å². The van der Waals surface area contributed by atoms with E-state index in [4.69, 9.17) is 9.47 Å². The fourth-order valence-corrected chi connectivity index (χ4v) is 3.91. The lowest BCUT2D eigenvalue weighted by Crippen LogP contribution is -2.36. The molecular formula is C23H20FNO2. The second kappa shape index (κ2) is 6.71. The van der Waals surface area contributed by atoms with E-state index in [9.17, 15) is 4.39 Å². The van der Waals surface area contributed by atoms with Crippen LogP contribution in [0, 0.1) is 5.82 Å². The Bertz CT molecular complexity index is 1020. The quantitative estimate of drug-likeness (QED) is 0.644. The summed E-state index contributed by atoms with van der Waals surface area (Å²) in [7, 11) is 0. The predicted octanol–water partition coefficient (Wildman–Crippen LogP) is 4.96. The molecule has 3 aromatic rings. The largest absolute Gasteiger partial charge is 0.481 e. The van der Waals surface area contributed by atoms with Crippen LogP contribution < -0.4 is 9.64 Å². The number of fused-ring (bicyclic) bond motifs is 3. The molecule has 2 heterocycles. The van der Waals surface area contributed by atoms with Crippen LogP contribution in [0.25, 0.3) is 16.8 Å². The van der Waals surface area contributed by atoms with Crippen LogP contribution in [0.2, 0.25) is 0 Å². The normalized spacial score (nSPS) is 19.0. The lowest BCUT2D eigenvalue weighted by Gasteiger charge is -2.32. The van der Waals surface area contributed by atoms with Gasteiger partial charge in [0, 0.05) is 35.8 Å². The number of halogens is 1.